The third kappa shape index (κ3) is 5.54. The molecule has 0 aromatic heterocycles. The largest absolute Gasteiger partial charge is 0.325 e. The van der Waals surface area contributed by atoms with E-state index in [1.54, 1.807) is 18.2 Å². The van der Waals surface area contributed by atoms with Crippen molar-refractivity contribution in [3.8, 4) is 6.07 Å². The summed E-state index contributed by atoms with van der Waals surface area (Å²) in [5, 5.41) is 11.7. The quantitative estimate of drug-likeness (QED) is 0.819. The predicted octanol–water partition coefficient (Wildman–Crippen LogP) is 2.62. The fraction of sp³-hybridized carbons (Fsp3) is 0.467. The Morgan fingerprint density at radius 1 is 1.37 bits per heavy atom. The molecule has 0 saturated carbocycles. The first-order chi connectivity index (χ1) is 9.17. The zero-order chi connectivity index (χ0) is 14.1. The summed E-state index contributed by atoms with van der Waals surface area (Å²) in [6.07, 6.45) is 2.43. The summed E-state index contributed by atoms with van der Waals surface area (Å²) in [5.74, 6) is -0.0346. The number of rotatable bonds is 7. The number of carbonyl (C=O) groups is 1. The smallest absolute Gasteiger partial charge is 0.224 e. The maximum absolute atomic E-state index is 11.8. The number of benzene rings is 1. The molecule has 4 heteroatoms. The van der Waals surface area contributed by atoms with Crippen LogP contribution in [0.15, 0.2) is 24.3 Å². The Morgan fingerprint density at radius 2 is 2.11 bits per heavy atom. The number of para-hydroxylation sites is 1. The average molecular weight is 259 g/mol. The molecule has 1 N–H and O–H groups in total. The minimum Gasteiger partial charge on any atom is -0.325 e. The van der Waals surface area contributed by atoms with Gasteiger partial charge in [-0.3, -0.25) is 4.79 Å². The Kier molecular flexibility index (Phi) is 6.62. The third-order valence-electron chi connectivity index (χ3n) is 2.87. The fourth-order valence-corrected chi connectivity index (χ4v) is 1.91. The third-order valence-corrected chi connectivity index (χ3v) is 2.87. The van der Waals surface area contributed by atoms with E-state index in [1.807, 2.05) is 6.07 Å². The summed E-state index contributed by atoms with van der Waals surface area (Å²) < 4.78 is 0. The van der Waals surface area contributed by atoms with Crippen LogP contribution in [0.3, 0.4) is 0 Å². The maximum atomic E-state index is 11.8. The first-order valence-electron chi connectivity index (χ1n) is 6.65. The SMILES string of the molecule is CCCN(C)CCCC(=O)Nc1ccccc1C#N. The van der Waals surface area contributed by atoms with Gasteiger partial charge in [0.05, 0.1) is 11.3 Å². The second-order valence-electron chi connectivity index (χ2n) is 4.61. The summed E-state index contributed by atoms with van der Waals surface area (Å²) in [4.78, 5) is 14.0. The lowest BCUT2D eigenvalue weighted by molar-refractivity contribution is -0.116. The molecule has 1 rings (SSSR count). The fourth-order valence-electron chi connectivity index (χ4n) is 1.91. The van der Waals surface area contributed by atoms with Gasteiger partial charge in [0.25, 0.3) is 0 Å². The van der Waals surface area contributed by atoms with E-state index in [2.05, 4.69) is 30.3 Å². The van der Waals surface area contributed by atoms with E-state index < -0.39 is 0 Å². The molecule has 0 aliphatic carbocycles. The maximum Gasteiger partial charge on any atom is 0.224 e. The summed E-state index contributed by atoms with van der Waals surface area (Å²) in [6.45, 7) is 4.11. The number of nitrogens with zero attached hydrogens (tertiary/aromatic N) is 2. The minimum atomic E-state index is -0.0346. The van der Waals surface area contributed by atoms with Crippen molar-refractivity contribution in [3.63, 3.8) is 0 Å². The number of hydrogen-bond acceptors (Lipinski definition) is 3. The number of anilines is 1. The molecule has 0 saturated heterocycles. The van der Waals surface area contributed by atoms with E-state index in [-0.39, 0.29) is 5.91 Å². The van der Waals surface area contributed by atoms with Crippen LogP contribution in [0.25, 0.3) is 0 Å². The van der Waals surface area contributed by atoms with Crippen molar-refractivity contribution in [2.24, 2.45) is 0 Å². The van der Waals surface area contributed by atoms with E-state index in [0.717, 1.165) is 25.9 Å². The molecule has 102 valence electrons. The van der Waals surface area contributed by atoms with Crippen molar-refractivity contribution in [2.45, 2.75) is 26.2 Å². The predicted molar refractivity (Wildman–Crippen MR) is 76.8 cm³/mol. The first kappa shape index (κ1) is 15.2. The Morgan fingerprint density at radius 3 is 2.79 bits per heavy atom. The highest BCUT2D eigenvalue weighted by Gasteiger charge is 2.06. The van der Waals surface area contributed by atoms with Crippen molar-refractivity contribution < 1.29 is 4.79 Å². The van der Waals surface area contributed by atoms with E-state index >= 15 is 0 Å². The minimum absolute atomic E-state index is 0.0346. The molecule has 1 amide bonds. The van der Waals surface area contributed by atoms with Gasteiger partial charge in [0, 0.05) is 6.42 Å². The van der Waals surface area contributed by atoms with Crippen LogP contribution in [0, 0.1) is 11.3 Å². The Labute approximate surface area is 115 Å². The van der Waals surface area contributed by atoms with Crippen LogP contribution in [0.1, 0.15) is 31.7 Å². The first-order valence-corrected chi connectivity index (χ1v) is 6.65. The average Bonchev–Trinajstić information content (AvgIpc) is 2.39. The number of amides is 1. The summed E-state index contributed by atoms with van der Waals surface area (Å²) in [7, 11) is 2.06. The van der Waals surface area contributed by atoms with Crippen LogP contribution in [0.4, 0.5) is 5.69 Å². The van der Waals surface area contributed by atoms with Crippen LogP contribution in [0.5, 0.6) is 0 Å². The van der Waals surface area contributed by atoms with Gasteiger partial charge in [-0.1, -0.05) is 19.1 Å². The zero-order valence-electron chi connectivity index (χ0n) is 11.6. The zero-order valence-corrected chi connectivity index (χ0v) is 11.6. The van der Waals surface area contributed by atoms with Crippen molar-refractivity contribution >= 4 is 11.6 Å². The molecule has 0 fully saturated rings. The van der Waals surface area contributed by atoms with Crippen LogP contribution < -0.4 is 5.32 Å². The Balaban J connectivity index is 2.37. The lowest BCUT2D eigenvalue weighted by Gasteiger charge is -2.14. The highest BCUT2D eigenvalue weighted by molar-refractivity contribution is 5.92. The van der Waals surface area contributed by atoms with Crippen LogP contribution >= 0.6 is 0 Å². The van der Waals surface area contributed by atoms with Gasteiger partial charge < -0.3 is 10.2 Å². The van der Waals surface area contributed by atoms with E-state index in [1.165, 1.54) is 0 Å². The molecule has 0 spiro atoms. The molecule has 1 aromatic rings. The molecule has 0 radical (unpaired) electrons. The van der Waals surface area contributed by atoms with Gasteiger partial charge in [-0.2, -0.15) is 5.26 Å². The molecule has 4 nitrogen and oxygen atoms in total. The van der Waals surface area contributed by atoms with Gasteiger partial charge in [-0.05, 0) is 45.1 Å². The van der Waals surface area contributed by atoms with Gasteiger partial charge >= 0.3 is 0 Å². The number of nitriles is 1. The highest BCUT2D eigenvalue weighted by atomic mass is 16.1. The summed E-state index contributed by atoms with van der Waals surface area (Å²) in [5.41, 5.74) is 1.09. The normalized spacial score (nSPS) is 10.2. The molecular weight excluding hydrogens is 238 g/mol. The number of nitrogens with one attached hydrogen (secondary N) is 1. The topological polar surface area (TPSA) is 56.1 Å². The van der Waals surface area contributed by atoms with Gasteiger partial charge in [-0.15, -0.1) is 0 Å². The van der Waals surface area contributed by atoms with E-state index in [0.29, 0.717) is 17.7 Å². The van der Waals surface area contributed by atoms with Gasteiger partial charge in [0.15, 0.2) is 0 Å². The van der Waals surface area contributed by atoms with Gasteiger partial charge in [-0.25, -0.2) is 0 Å². The molecule has 0 aliphatic heterocycles. The van der Waals surface area contributed by atoms with Crippen LogP contribution in [-0.2, 0) is 4.79 Å². The van der Waals surface area contributed by atoms with Crippen molar-refractivity contribution in [2.75, 3.05) is 25.5 Å². The molecule has 0 aliphatic rings. The summed E-state index contributed by atoms with van der Waals surface area (Å²) in [6, 6.07) is 9.11. The number of hydrogen-bond donors (Lipinski definition) is 1. The van der Waals surface area contributed by atoms with Crippen molar-refractivity contribution in [1.29, 1.82) is 5.26 Å². The molecular formula is C15H21N3O. The lowest BCUT2D eigenvalue weighted by atomic mass is 10.2. The lowest BCUT2D eigenvalue weighted by Crippen LogP contribution is -2.22. The van der Waals surface area contributed by atoms with Gasteiger partial charge in [0.2, 0.25) is 5.91 Å². The standard InChI is InChI=1S/C15H21N3O/c1-3-10-18(2)11-6-9-15(19)17-14-8-5-4-7-13(14)12-16/h4-5,7-8H,3,6,9-11H2,1-2H3,(H,17,19). The summed E-state index contributed by atoms with van der Waals surface area (Å²) >= 11 is 0. The van der Waals surface area contributed by atoms with Crippen LogP contribution in [-0.4, -0.2) is 30.9 Å². The Hall–Kier alpha value is -1.86. The number of carbonyl (C=O) groups excluding carboxylic acids is 1. The van der Waals surface area contributed by atoms with Crippen molar-refractivity contribution in [3.05, 3.63) is 29.8 Å². The van der Waals surface area contributed by atoms with Crippen LogP contribution in [0.2, 0.25) is 0 Å². The second-order valence-corrected chi connectivity index (χ2v) is 4.61. The van der Waals surface area contributed by atoms with Crippen molar-refractivity contribution in [1.82, 2.24) is 4.90 Å². The monoisotopic (exact) mass is 259 g/mol. The molecule has 0 atom stereocenters. The molecule has 0 unspecified atom stereocenters. The highest BCUT2D eigenvalue weighted by Crippen LogP contribution is 2.13. The van der Waals surface area contributed by atoms with E-state index in [9.17, 15) is 4.79 Å². The van der Waals surface area contributed by atoms with E-state index in [4.69, 9.17) is 5.26 Å². The molecule has 19 heavy (non-hydrogen) atoms. The molecule has 1 aromatic carbocycles. The molecule has 0 heterocycles. The second kappa shape index (κ2) is 8.28. The Bertz CT molecular complexity index is 451. The van der Waals surface area contributed by atoms with Gasteiger partial charge in [0.1, 0.15) is 6.07 Å². The molecule has 0 bridgehead atoms.